The molecule has 2 aromatic heterocycles. The van der Waals surface area contributed by atoms with Gasteiger partial charge in [-0.3, -0.25) is 19.5 Å². The summed E-state index contributed by atoms with van der Waals surface area (Å²) in [7, 11) is 0. The van der Waals surface area contributed by atoms with Crippen molar-refractivity contribution in [2.45, 2.75) is 29.9 Å². The van der Waals surface area contributed by atoms with Gasteiger partial charge in [-0.25, -0.2) is 9.79 Å². The standard InChI is InChI=1S/C27H20ClN3O6S2/c1-3-36-26(33)23-15(2)29-27-30(24(23)16-4-8-18(9-5-16)31(34)35)25(32)21(39-27)14-19-10-13-22(37-19)38-20-11-6-17(28)7-12-20/h4-14,24H,3H2,1-2H3/b21-14+/t24-/m0/s1. The highest BCUT2D eigenvalue weighted by atomic mass is 35.5. The summed E-state index contributed by atoms with van der Waals surface area (Å²) >= 11 is 8.54. The number of carbonyl (C=O) groups excluding carboxylic acids is 1. The maximum absolute atomic E-state index is 13.7. The summed E-state index contributed by atoms with van der Waals surface area (Å²) in [6.07, 6.45) is 1.63. The number of esters is 1. The molecule has 1 aliphatic rings. The van der Waals surface area contributed by atoms with Crippen molar-refractivity contribution >= 4 is 52.4 Å². The molecule has 0 spiro atoms. The molecule has 0 aliphatic carbocycles. The largest absolute Gasteiger partial charge is 0.463 e. The van der Waals surface area contributed by atoms with Gasteiger partial charge in [0, 0.05) is 28.1 Å². The van der Waals surface area contributed by atoms with Crippen molar-refractivity contribution in [2.75, 3.05) is 6.61 Å². The van der Waals surface area contributed by atoms with Crippen LogP contribution in [-0.2, 0) is 9.53 Å². The van der Waals surface area contributed by atoms with Crippen LogP contribution in [0.1, 0.15) is 31.2 Å². The number of furan rings is 1. The molecule has 0 bridgehead atoms. The number of halogens is 1. The van der Waals surface area contributed by atoms with Crippen molar-refractivity contribution in [2.24, 2.45) is 4.99 Å². The second kappa shape index (κ2) is 11.0. The summed E-state index contributed by atoms with van der Waals surface area (Å²) in [5, 5.41) is 12.5. The predicted octanol–water partition coefficient (Wildman–Crippen LogP) is 5.10. The van der Waals surface area contributed by atoms with E-state index >= 15 is 0 Å². The van der Waals surface area contributed by atoms with Crippen LogP contribution in [0.15, 0.2) is 96.1 Å². The van der Waals surface area contributed by atoms with Crippen LogP contribution in [0.4, 0.5) is 5.69 Å². The number of ether oxygens (including phenoxy) is 1. The molecule has 0 N–H and O–H groups in total. The van der Waals surface area contributed by atoms with Gasteiger partial charge in [0.25, 0.3) is 11.2 Å². The minimum atomic E-state index is -0.865. The molecule has 4 aromatic rings. The van der Waals surface area contributed by atoms with E-state index in [0.717, 1.165) is 16.2 Å². The number of hydrogen-bond donors (Lipinski definition) is 0. The first-order valence-corrected chi connectivity index (χ1v) is 13.7. The number of benzene rings is 2. The van der Waals surface area contributed by atoms with Gasteiger partial charge in [-0.15, -0.1) is 0 Å². The van der Waals surface area contributed by atoms with Crippen LogP contribution in [0, 0.1) is 10.1 Å². The van der Waals surface area contributed by atoms with E-state index in [4.69, 9.17) is 20.8 Å². The quantitative estimate of drug-likeness (QED) is 0.169. The molecular weight excluding hydrogens is 562 g/mol. The van der Waals surface area contributed by atoms with E-state index in [9.17, 15) is 19.7 Å². The number of hydrogen-bond acceptors (Lipinski definition) is 9. The molecule has 1 atom stereocenters. The summed E-state index contributed by atoms with van der Waals surface area (Å²) in [6.45, 7) is 3.50. The Bertz CT molecular complexity index is 1790. The second-order valence-corrected chi connectivity index (χ2v) is 10.9. The van der Waals surface area contributed by atoms with Gasteiger partial charge in [-0.1, -0.05) is 34.7 Å². The topological polar surface area (TPSA) is 117 Å². The lowest BCUT2D eigenvalue weighted by Crippen LogP contribution is -2.39. The Hall–Kier alpha value is -3.93. The average molecular weight is 582 g/mol. The molecule has 39 heavy (non-hydrogen) atoms. The van der Waals surface area contributed by atoms with E-state index in [2.05, 4.69) is 4.99 Å². The molecule has 0 fully saturated rings. The zero-order valence-electron chi connectivity index (χ0n) is 20.6. The molecule has 198 valence electrons. The van der Waals surface area contributed by atoms with Crippen molar-refractivity contribution in [3.05, 3.63) is 118 Å². The summed E-state index contributed by atoms with van der Waals surface area (Å²) in [4.78, 5) is 43.2. The summed E-state index contributed by atoms with van der Waals surface area (Å²) in [6, 6.07) is 15.8. The molecule has 12 heteroatoms. The summed E-state index contributed by atoms with van der Waals surface area (Å²) in [5.74, 6) is -0.128. The molecular formula is C27H20ClN3O6S2. The number of non-ortho nitro benzene ring substituents is 1. The Morgan fingerprint density at radius 3 is 2.59 bits per heavy atom. The van der Waals surface area contributed by atoms with E-state index in [1.54, 1.807) is 38.1 Å². The van der Waals surface area contributed by atoms with Gasteiger partial charge in [-0.05, 0) is 67.9 Å². The van der Waals surface area contributed by atoms with Gasteiger partial charge in [0.1, 0.15) is 5.76 Å². The Morgan fingerprint density at radius 1 is 1.21 bits per heavy atom. The number of nitrogens with zero attached hydrogens (tertiary/aromatic N) is 3. The van der Waals surface area contributed by atoms with Crippen molar-refractivity contribution in [3.8, 4) is 0 Å². The fourth-order valence-corrected chi connectivity index (χ4v) is 6.03. The number of fused-ring (bicyclic) bond motifs is 1. The Morgan fingerprint density at radius 2 is 1.92 bits per heavy atom. The SMILES string of the molecule is CCOC(=O)C1=C(C)N=c2s/c(=C/c3ccc(Sc4ccc(Cl)cc4)o3)c(=O)n2[C@H]1c1ccc([N+](=O)[O-])cc1. The van der Waals surface area contributed by atoms with Gasteiger partial charge in [0.05, 0.1) is 33.4 Å². The van der Waals surface area contributed by atoms with Crippen LogP contribution in [-0.4, -0.2) is 22.1 Å². The third kappa shape index (κ3) is 5.47. The van der Waals surface area contributed by atoms with Gasteiger partial charge < -0.3 is 9.15 Å². The number of thiazole rings is 1. The highest BCUT2D eigenvalue weighted by molar-refractivity contribution is 7.99. The summed E-state index contributed by atoms with van der Waals surface area (Å²) < 4.78 is 13.0. The highest BCUT2D eigenvalue weighted by Gasteiger charge is 2.33. The normalized spacial score (nSPS) is 15.2. The molecule has 0 saturated carbocycles. The lowest BCUT2D eigenvalue weighted by atomic mass is 9.95. The third-order valence-electron chi connectivity index (χ3n) is 5.84. The average Bonchev–Trinajstić information content (AvgIpc) is 3.48. The molecule has 0 amide bonds. The number of nitro groups is 1. The van der Waals surface area contributed by atoms with Crippen molar-refractivity contribution in [1.82, 2.24) is 4.57 Å². The fraction of sp³-hybridized carbons (Fsp3) is 0.148. The molecule has 3 heterocycles. The smallest absolute Gasteiger partial charge is 0.338 e. The van der Waals surface area contributed by atoms with Crippen molar-refractivity contribution < 1.29 is 18.9 Å². The number of nitro benzene ring substituents is 1. The minimum absolute atomic E-state index is 0.102. The first-order chi connectivity index (χ1) is 18.7. The molecule has 0 radical (unpaired) electrons. The molecule has 2 aromatic carbocycles. The molecule has 9 nitrogen and oxygen atoms in total. The van der Waals surface area contributed by atoms with Crippen LogP contribution in [0.2, 0.25) is 5.02 Å². The van der Waals surface area contributed by atoms with E-state index in [1.807, 2.05) is 18.2 Å². The first kappa shape index (κ1) is 26.7. The van der Waals surface area contributed by atoms with E-state index in [1.165, 1.54) is 40.6 Å². The zero-order chi connectivity index (χ0) is 27.7. The van der Waals surface area contributed by atoms with Crippen LogP contribution in [0.25, 0.3) is 6.08 Å². The van der Waals surface area contributed by atoms with Gasteiger partial charge in [-0.2, -0.15) is 0 Å². The molecule has 0 saturated heterocycles. The Labute approximate surface area is 234 Å². The number of rotatable bonds is 7. The summed E-state index contributed by atoms with van der Waals surface area (Å²) in [5.41, 5.74) is 0.646. The minimum Gasteiger partial charge on any atom is -0.463 e. The van der Waals surface area contributed by atoms with Crippen LogP contribution < -0.4 is 14.9 Å². The lowest BCUT2D eigenvalue weighted by molar-refractivity contribution is -0.384. The number of allylic oxidation sites excluding steroid dienone is 1. The fourth-order valence-electron chi connectivity index (χ4n) is 4.10. The zero-order valence-corrected chi connectivity index (χ0v) is 23.0. The van der Waals surface area contributed by atoms with E-state index in [-0.39, 0.29) is 23.4 Å². The van der Waals surface area contributed by atoms with E-state index < -0.39 is 16.9 Å². The van der Waals surface area contributed by atoms with Gasteiger partial charge in [0.2, 0.25) is 0 Å². The maximum Gasteiger partial charge on any atom is 0.338 e. The lowest BCUT2D eigenvalue weighted by Gasteiger charge is -2.24. The van der Waals surface area contributed by atoms with Gasteiger partial charge >= 0.3 is 5.97 Å². The van der Waals surface area contributed by atoms with Crippen LogP contribution >= 0.6 is 34.7 Å². The number of aromatic nitrogens is 1. The monoisotopic (exact) mass is 581 g/mol. The Kier molecular flexibility index (Phi) is 7.56. The highest BCUT2D eigenvalue weighted by Crippen LogP contribution is 2.32. The van der Waals surface area contributed by atoms with Crippen LogP contribution in [0.5, 0.6) is 0 Å². The van der Waals surface area contributed by atoms with E-state index in [0.29, 0.717) is 36.5 Å². The predicted molar refractivity (Wildman–Crippen MR) is 148 cm³/mol. The molecule has 0 unspecified atom stereocenters. The second-order valence-electron chi connectivity index (χ2n) is 8.36. The van der Waals surface area contributed by atoms with Crippen LogP contribution in [0.3, 0.4) is 0 Å². The number of carbonyl (C=O) groups is 1. The first-order valence-electron chi connectivity index (χ1n) is 11.7. The Balaban J connectivity index is 1.57. The molecule has 5 rings (SSSR count). The molecule has 1 aliphatic heterocycles. The van der Waals surface area contributed by atoms with Crippen molar-refractivity contribution in [3.63, 3.8) is 0 Å². The third-order valence-corrected chi connectivity index (χ3v) is 8.01. The van der Waals surface area contributed by atoms with Gasteiger partial charge in [0.15, 0.2) is 9.89 Å². The van der Waals surface area contributed by atoms with Crippen molar-refractivity contribution in [1.29, 1.82) is 0 Å². The maximum atomic E-state index is 13.7.